The van der Waals surface area contributed by atoms with Crippen molar-refractivity contribution >= 4 is 40.1 Å². The molecule has 0 saturated carbocycles. The molecule has 2 aromatic carbocycles. The maximum absolute atomic E-state index is 13.5. The van der Waals surface area contributed by atoms with Crippen LogP contribution in [0.3, 0.4) is 0 Å². The third-order valence-corrected chi connectivity index (χ3v) is 7.31. The minimum atomic E-state index is -0.183. The Balaban J connectivity index is 1.48. The van der Waals surface area contributed by atoms with Gasteiger partial charge in [-0.3, -0.25) is 19.4 Å². The Morgan fingerprint density at radius 3 is 2.67 bits per heavy atom. The van der Waals surface area contributed by atoms with Crippen molar-refractivity contribution in [3.05, 3.63) is 53.3 Å². The fourth-order valence-corrected chi connectivity index (χ4v) is 5.22. The van der Waals surface area contributed by atoms with Crippen LogP contribution in [0.25, 0.3) is 11.0 Å². The van der Waals surface area contributed by atoms with Crippen LogP contribution in [-0.4, -0.2) is 64.5 Å². The number of carbonyl (C=O) groups is 3. The number of likely N-dealkylation sites (tertiary alicyclic amines) is 1. The number of H-pyrrole nitrogens is 1. The average molecular weight is 531 g/mol. The SMILES string of the molecule is CCCOc1ccc(C(=O)N2CCC(C(=O)OCC)CC2)cc1C1=Nc2cc3nc[nH]c3cc2C(=O)CCC1. The van der Waals surface area contributed by atoms with Crippen LogP contribution in [0.2, 0.25) is 0 Å². The number of imidazole rings is 1. The monoisotopic (exact) mass is 530 g/mol. The lowest BCUT2D eigenvalue weighted by Crippen LogP contribution is -2.40. The smallest absolute Gasteiger partial charge is 0.309 e. The van der Waals surface area contributed by atoms with Crippen LogP contribution in [0.4, 0.5) is 5.69 Å². The minimum absolute atomic E-state index is 0.0573. The molecular formula is C30H34N4O5. The van der Waals surface area contributed by atoms with E-state index in [4.69, 9.17) is 14.5 Å². The number of nitrogens with one attached hydrogen (secondary N) is 1. The highest BCUT2D eigenvalue weighted by Crippen LogP contribution is 2.33. The van der Waals surface area contributed by atoms with Crippen molar-refractivity contribution < 1.29 is 23.9 Å². The highest BCUT2D eigenvalue weighted by atomic mass is 16.5. The zero-order valence-corrected chi connectivity index (χ0v) is 22.5. The quantitative estimate of drug-likeness (QED) is 0.417. The standard InChI is InChI=1S/C30H34N4O5/c1-3-14-39-28-9-8-20(29(36)34-12-10-19(11-13-34)30(37)38-4-2)15-22(28)23-6-5-7-27(35)21-16-25-26(32-18-31-25)17-24(21)33-23/h8-9,15-19H,3-7,10-14H2,1-2H3,(H,31,32). The molecule has 0 unspecified atom stereocenters. The molecule has 204 valence electrons. The number of nitrogens with zero attached hydrogens (tertiary/aromatic N) is 3. The third-order valence-electron chi connectivity index (χ3n) is 7.31. The molecule has 39 heavy (non-hydrogen) atoms. The number of aromatic amines is 1. The summed E-state index contributed by atoms with van der Waals surface area (Å²) in [6.07, 6.45) is 5.26. The number of fused-ring (bicyclic) bond motifs is 2. The lowest BCUT2D eigenvalue weighted by molar-refractivity contribution is -0.149. The van der Waals surface area contributed by atoms with Gasteiger partial charge in [-0.15, -0.1) is 0 Å². The molecule has 1 N–H and O–H groups in total. The molecule has 0 spiro atoms. The number of aliphatic imine (C=N–C) groups is 1. The molecule has 2 aliphatic heterocycles. The fraction of sp³-hybridized carbons (Fsp3) is 0.433. The zero-order chi connectivity index (χ0) is 27.4. The molecule has 0 bridgehead atoms. The van der Waals surface area contributed by atoms with Crippen molar-refractivity contribution in [2.24, 2.45) is 10.9 Å². The van der Waals surface area contributed by atoms with Gasteiger partial charge in [0.1, 0.15) is 5.75 Å². The van der Waals surface area contributed by atoms with E-state index in [-0.39, 0.29) is 23.6 Å². The van der Waals surface area contributed by atoms with E-state index in [9.17, 15) is 14.4 Å². The lowest BCUT2D eigenvalue weighted by atomic mass is 9.94. The summed E-state index contributed by atoms with van der Waals surface area (Å²) < 4.78 is 11.2. The van der Waals surface area contributed by atoms with E-state index in [2.05, 4.69) is 9.97 Å². The number of carbonyl (C=O) groups excluding carboxylic acids is 3. The van der Waals surface area contributed by atoms with E-state index in [1.54, 1.807) is 24.2 Å². The number of ether oxygens (including phenoxy) is 2. The molecule has 0 aliphatic carbocycles. The molecule has 3 aromatic rings. The van der Waals surface area contributed by atoms with Crippen LogP contribution >= 0.6 is 0 Å². The summed E-state index contributed by atoms with van der Waals surface area (Å²) in [5.41, 5.74) is 4.77. The molecule has 2 aliphatic rings. The van der Waals surface area contributed by atoms with Crippen LogP contribution < -0.4 is 4.74 Å². The maximum atomic E-state index is 13.5. The van der Waals surface area contributed by atoms with E-state index < -0.39 is 0 Å². The van der Waals surface area contributed by atoms with Gasteiger partial charge >= 0.3 is 5.97 Å². The minimum Gasteiger partial charge on any atom is -0.493 e. The zero-order valence-electron chi connectivity index (χ0n) is 22.5. The summed E-state index contributed by atoms with van der Waals surface area (Å²) in [5, 5.41) is 0. The number of benzene rings is 2. The number of Topliss-reactive ketones (excluding diaryl/α,β-unsaturated/α-hetero) is 1. The van der Waals surface area contributed by atoms with Crippen LogP contribution in [0.1, 0.15) is 78.7 Å². The van der Waals surface area contributed by atoms with E-state index in [0.717, 1.165) is 28.7 Å². The molecule has 5 rings (SSSR count). The second-order valence-electron chi connectivity index (χ2n) is 10.0. The van der Waals surface area contributed by atoms with E-state index in [1.165, 1.54) is 0 Å². The first-order valence-corrected chi connectivity index (χ1v) is 13.8. The Kier molecular flexibility index (Phi) is 8.05. The Hall–Kier alpha value is -4.01. The van der Waals surface area contributed by atoms with Gasteiger partial charge in [-0.25, -0.2) is 4.98 Å². The largest absolute Gasteiger partial charge is 0.493 e. The summed E-state index contributed by atoms with van der Waals surface area (Å²) in [6, 6.07) is 9.15. The second kappa shape index (κ2) is 11.8. The van der Waals surface area contributed by atoms with E-state index in [0.29, 0.717) is 81.0 Å². The maximum Gasteiger partial charge on any atom is 0.309 e. The summed E-state index contributed by atoms with van der Waals surface area (Å²) in [7, 11) is 0. The molecule has 1 fully saturated rings. The predicted octanol–water partition coefficient (Wildman–Crippen LogP) is 5.25. The van der Waals surface area contributed by atoms with Crippen molar-refractivity contribution in [1.82, 2.24) is 14.9 Å². The Morgan fingerprint density at radius 2 is 1.90 bits per heavy atom. The first-order chi connectivity index (χ1) is 19.0. The topological polar surface area (TPSA) is 114 Å². The van der Waals surface area contributed by atoms with Gasteiger partial charge in [-0.05, 0) is 69.4 Å². The highest BCUT2D eigenvalue weighted by molar-refractivity contribution is 6.11. The molecule has 1 amide bonds. The van der Waals surface area contributed by atoms with Crippen molar-refractivity contribution in [2.75, 3.05) is 26.3 Å². The van der Waals surface area contributed by atoms with Gasteiger partial charge in [-0.1, -0.05) is 6.92 Å². The van der Waals surface area contributed by atoms with Gasteiger partial charge in [0.15, 0.2) is 5.78 Å². The van der Waals surface area contributed by atoms with Crippen LogP contribution in [0.15, 0.2) is 41.7 Å². The van der Waals surface area contributed by atoms with Gasteiger partial charge in [0.25, 0.3) is 5.91 Å². The van der Waals surface area contributed by atoms with Crippen molar-refractivity contribution in [2.45, 2.75) is 52.4 Å². The van der Waals surface area contributed by atoms with E-state index >= 15 is 0 Å². The molecule has 9 nitrogen and oxygen atoms in total. The first kappa shape index (κ1) is 26.6. The van der Waals surface area contributed by atoms with Crippen molar-refractivity contribution in [1.29, 1.82) is 0 Å². The van der Waals surface area contributed by atoms with Gasteiger partial charge in [0.2, 0.25) is 0 Å². The van der Waals surface area contributed by atoms with Crippen LogP contribution in [-0.2, 0) is 9.53 Å². The number of hydrogen-bond acceptors (Lipinski definition) is 7. The molecule has 1 saturated heterocycles. The molecule has 3 heterocycles. The second-order valence-corrected chi connectivity index (χ2v) is 10.0. The number of piperidine rings is 1. The normalized spacial score (nSPS) is 16.3. The van der Waals surface area contributed by atoms with Gasteiger partial charge in [-0.2, -0.15) is 0 Å². The number of hydrogen-bond donors (Lipinski definition) is 1. The number of amides is 1. The molecular weight excluding hydrogens is 496 g/mol. The number of aromatic nitrogens is 2. The molecule has 1 aromatic heterocycles. The summed E-state index contributed by atoms with van der Waals surface area (Å²) in [5.74, 6) is 0.296. The number of ketones is 1. The molecule has 0 atom stereocenters. The lowest BCUT2D eigenvalue weighted by Gasteiger charge is -2.31. The van der Waals surface area contributed by atoms with Gasteiger partial charge < -0.3 is 19.4 Å². The fourth-order valence-electron chi connectivity index (χ4n) is 5.22. The van der Waals surface area contributed by atoms with Crippen molar-refractivity contribution in [3.8, 4) is 5.75 Å². The molecule has 0 radical (unpaired) electrons. The Morgan fingerprint density at radius 1 is 1.08 bits per heavy atom. The van der Waals surface area contributed by atoms with Gasteiger partial charge in [0.05, 0.1) is 47.9 Å². The van der Waals surface area contributed by atoms with Gasteiger partial charge in [0, 0.05) is 36.2 Å². The number of esters is 1. The van der Waals surface area contributed by atoms with Crippen LogP contribution in [0.5, 0.6) is 5.75 Å². The number of rotatable bonds is 7. The summed E-state index contributed by atoms with van der Waals surface area (Å²) >= 11 is 0. The van der Waals surface area contributed by atoms with E-state index in [1.807, 2.05) is 31.2 Å². The predicted molar refractivity (Wildman–Crippen MR) is 148 cm³/mol. The average Bonchev–Trinajstić information content (AvgIpc) is 3.41. The first-order valence-electron chi connectivity index (χ1n) is 13.8. The molecule has 9 heteroatoms. The Labute approximate surface area is 227 Å². The van der Waals surface area contributed by atoms with Crippen LogP contribution in [0, 0.1) is 5.92 Å². The third kappa shape index (κ3) is 5.72. The van der Waals surface area contributed by atoms with Crippen molar-refractivity contribution in [3.63, 3.8) is 0 Å². The summed E-state index contributed by atoms with van der Waals surface area (Å²) in [6.45, 7) is 5.75. The Bertz CT molecular complexity index is 1420. The summed E-state index contributed by atoms with van der Waals surface area (Å²) in [4.78, 5) is 52.7. The highest BCUT2D eigenvalue weighted by Gasteiger charge is 2.29.